The summed E-state index contributed by atoms with van der Waals surface area (Å²) in [5, 5.41) is 10.2. The van der Waals surface area contributed by atoms with E-state index in [1.54, 1.807) is 0 Å². The van der Waals surface area contributed by atoms with Crippen molar-refractivity contribution in [1.82, 2.24) is 0 Å². The van der Waals surface area contributed by atoms with Crippen molar-refractivity contribution in [2.75, 3.05) is 0 Å². The summed E-state index contributed by atoms with van der Waals surface area (Å²) in [4.78, 5) is 11.3. The lowest BCUT2D eigenvalue weighted by atomic mass is 9.66. The second-order valence-electron chi connectivity index (χ2n) is 7.59. The van der Waals surface area contributed by atoms with Crippen LogP contribution in [0.3, 0.4) is 0 Å². The van der Waals surface area contributed by atoms with Crippen molar-refractivity contribution in [3.63, 3.8) is 0 Å². The SMILES string of the molecule is CC(=O)O[C@H]1[C@@H](O)CC[C@]2(C)[C@@H](OC(C)(C)C)CC[C@@H]12. The van der Waals surface area contributed by atoms with Gasteiger partial charge in [-0.3, -0.25) is 4.79 Å². The minimum absolute atomic E-state index is 0.00731. The maximum Gasteiger partial charge on any atom is 0.303 e. The standard InChI is InChI=1S/C16H28O4/c1-10(17)19-14-11-6-7-13(20-15(2,3)4)16(11,5)9-8-12(14)18/h11-14,18H,6-9H2,1-5H3/t11-,12-,13-,14+,16-/m0/s1. The Labute approximate surface area is 121 Å². The first kappa shape index (κ1) is 15.8. The van der Waals surface area contributed by atoms with Crippen LogP contribution in [0.5, 0.6) is 0 Å². The summed E-state index contributed by atoms with van der Waals surface area (Å²) < 4.78 is 11.7. The van der Waals surface area contributed by atoms with E-state index in [2.05, 4.69) is 27.7 Å². The van der Waals surface area contributed by atoms with Gasteiger partial charge >= 0.3 is 5.97 Å². The van der Waals surface area contributed by atoms with Gasteiger partial charge in [0.15, 0.2) is 0 Å². The zero-order valence-electron chi connectivity index (χ0n) is 13.3. The molecule has 4 nitrogen and oxygen atoms in total. The third-order valence-corrected chi connectivity index (χ3v) is 4.87. The van der Waals surface area contributed by atoms with E-state index >= 15 is 0 Å². The second kappa shape index (κ2) is 5.30. The Morgan fingerprint density at radius 3 is 2.45 bits per heavy atom. The lowest BCUT2D eigenvalue weighted by molar-refractivity contribution is -0.180. The number of hydrogen-bond donors (Lipinski definition) is 1. The molecule has 20 heavy (non-hydrogen) atoms. The number of carbonyl (C=O) groups excluding carboxylic acids is 1. The van der Waals surface area contributed by atoms with Crippen molar-refractivity contribution in [3.05, 3.63) is 0 Å². The highest BCUT2D eigenvalue weighted by atomic mass is 16.6. The number of esters is 1. The molecule has 0 aromatic carbocycles. The summed E-state index contributed by atoms with van der Waals surface area (Å²) in [5.41, 5.74) is -0.178. The molecule has 116 valence electrons. The van der Waals surface area contributed by atoms with Crippen LogP contribution in [0.15, 0.2) is 0 Å². The highest BCUT2D eigenvalue weighted by molar-refractivity contribution is 5.66. The van der Waals surface area contributed by atoms with E-state index < -0.39 is 6.10 Å². The van der Waals surface area contributed by atoms with E-state index in [0.29, 0.717) is 6.42 Å². The van der Waals surface area contributed by atoms with Crippen LogP contribution in [-0.2, 0) is 14.3 Å². The number of hydrogen-bond acceptors (Lipinski definition) is 4. The van der Waals surface area contributed by atoms with Gasteiger partial charge in [-0.15, -0.1) is 0 Å². The van der Waals surface area contributed by atoms with Crippen molar-refractivity contribution in [2.45, 2.75) is 84.2 Å². The molecule has 0 radical (unpaired) electrons. The highest BCUT2D eigenvalue weighted by Crippen LogP contribution is 2.54. The van der Waals surface area contributed by atoms with E-state index in [1.807, 2.05) is 0 Å². The number of rotatable bonds is 2. The fourth-order valence-corrected chi connectivity index (χ4v) is 3.98. The minimum atomic E-state index is -0.537. The van der Waals surface area contributed by atoms with Gasteiger partial charge in [0.25, 0.3) is 0 Å². The van der Waals surface area contributed by atoms with Crippen LogP contribution < -0.4 is 0 Å². The van der Waals surface area contributed by atoms with E-state index in [9.17, 15) is 9.90 Å². The van der Waals surface area contributed by atoms with Crippen LogP contribution in [0.25, 0.3) is 0 Å². The first-order chi connectivity index (χ1) is 9.13. The molecule has 0 bridgehead atoms. The second-order valence-corrected chi connectivity index (χ2v) is 7.59. The third-order valence-electron chi connectivity index (χ3n) is 4.87. The van der Waals surface area contributed by atoms with Crippen molar-refractivity contribution in [2.24, 2.45) is 11.3 Å². The summed E-state index contributed by atoms with van der Waals surface area (Å²) in [7, 11) is 0. The third kappa shape index (κ3) is 3.01. The average Bonchev–Trinajstić information content (AvgIpc) is 2.59. The van der Waals surface area contributed by atoms with Crippen molar-refractivity contribution in [1.29, 1.82) is 0 Å². The number of fused-ring (bicyclic) bond motifs is 1. The van der Waals surface area contributed by atoms with E-state index in [4.69, 9.17) is 9.47 Å². The Morgan fingerprint density at radius 1 is 1.25 bits per heavy atom. The average molecular weight is 284 g/mol. The molecule has 2 fully saturated rings. The molecule has 0 saturated heterocycles. The summed E-state index contributed by atoms with van der Waals surface area (Å²) in [6.45, 7) is 9.86. The first-order valence-corrected chi connectivity index (χ1v) is 7.66. The van der Waals surface area contributed by atoms with Gasteiger partial charge in [-0.2, -0.15) is 0 Å². The Bertz CT molecular complexity index is 373. The Kier molecular flexibility index (Phi) is 4.18. The molecule has 0 spiro atoms. The molecule has 2 rings (SSSR count). The van der Waals surface area contributed by atoms with Crippen LogP contribution in [-0.4, -0.2) is 35.0 Å². The molecule has 0 unspecified atom stereocenters. The molecule has 0 aromatic rings. The molecule has 1 N–H and O–H groups in total. The van der Waals surface area contributed by atoms with Gasteiger partial charge in [0.2, 0.25) is 0 Å². The van der Waals surface area contributed by atoms with Crippen LogP contribution in [0, 0.1) is 11.3 Å². The predicted molar refractivity (Wildman–Crippen MR) is 76.3 cm³/mol. The molecule has 0 aromatic heterocycles. The maximum atomic E-state index is 11.3. The Balaban J connectivity index is 2.18. The number of carbonyl (C=O) groups is 1. The molecule has 2 saturated carbocycles. The van der Waals surface area contributed by atoms with Crippen LogP contribution in [0.1, 0.15) is 60.3 Å². The van der Waals surface area contributed by atoms with Crippen LogP contribution in [0.4, 0.5) is 0 Å². The van der Waals surface area contributed by atoms with E-state index in [0.717, 1.165) is 19.3 Å². The molecule has 4 heteroatoms. The fraction of sp³-hybridized carbons (Fsp3) is 0.938. The van der Waals surface area contributed by atoms with Crippen molar-refractivity contribution < 1.29 is 19.4 Å². The van der Waals surface area contributed by atoms with Gasteiger partial charge in [0.05, 0.1) is 17.8 Å². The normalized spacial score (nSPS) is 41.3. The predicted octanol–water partition coefficient (Wildman–Crippen LogP) is 2.67. The maximum absolute atomic E-state index is 11.3. The molecule has 2 aliphatic rings. The summed E-state index contributed by atoms with van der Waals surface area (Å²) >= 11 is 0. The smallest absolute Gasteiger partial charge is 0.303 e. The topological polar surface area (TPSA) is 55.8 Å². The largest absolute Gasteiger partial charge is 0.459 e. The van der Waals surface area contributed by atoms with Crippen molar-refractivity contribution in [3.8, 4) is 0 Å². The number of aliphatic hydroxyl groups excluding tert-OH is 1. The van der Waals surface area contributed by atoms with E-state index in [-0.39, 0.29) is 35.1 Å². The van der Waals surface area contributed by atoms with Gasteiger partial charge in [-0.25, -0.2) is 0 Å². The van der Waals surface area contributed by atoms with Crippen LogP contribution in [0.2, 0.25) is 0 Å². The zero-order chi connectivity index (χ0) is 15.1. The lowest BCUT2D eigenvalue weighted by Crippen LogP contribution is -2.51. The minimum Gasteiger partial charge on any atom is -0.459 e. The monoisotopic (exact) mass is 284 g/mol. The Morgan fingerprint density at radius 2 is 1.90 bits per heavy atom. The van der Waals surface area contributed by atoms with Crippen LogP contribution >= 0.6 is 0 Å². The molecule has 5 atom stereocenters. The van der Waals surface area contributed by atoms with Gasteiger partial charge in [0.1, 0.15) is 6.10 Å². The van der Waals surface area contributed by atoms with Gasteiger partial charge in [-0.1, -0.05) is 6.92 Å². The zero-order valence-corrected chi connectivity index (χ0v) is 13.3. The molecule has 0 heterocycles. The molecule has 2 aliphatic carbocycles. The fourth-order valence-electron chi connectivity index (χ4n) is 3.98. The lowest BCUT2D eigenvalue weighted by Gasteiger charge is -2.47. The summed E-state index contributed by atoms with van der Waals surface area (Å²) in [6.07, 6.45) is 2.80. The summed E-state index contributed by atoms with van der Waals surface area (Å²) in [6, 6.07) is 0. The molecular weight excluding hydrogens is 256 g/mol. The van der Waals surface area contributed by atoms with E-state index in [1.165, 1.54) is 6.92 Å². The Hall–Kier alpha value is -0.610. The summed E-state index contributed by atoms with van der Waals surface area (Å²) in [5.74, 6) is -0.110. The van der Waals surface area contributed by atoms with Crippen molar-refractivity contribution >= 4 is 5.97 Å². The molecule has 0 amide bonds. The van der Waals surface area contributed by atoms with Gasteiger partial charge in [-0.05, 0) is 46.5 Å². The molecular formula is C16H28O4. The van der Waals surface area contributed by atoms with Gasteiger partial charge in [0, 0.05) is 18.3 Å². The first-order valence-electron chi connectivity index (χ1n) is 7.66. The number of aliphatic hydroxyl groups is 1. The molecule has 0 aliphatic heterocycles. The van der Waals surface area contributed by atoms with Gasteiger partial charge < -0.3 is 14.6 Å². The number of ether oxygens (including phenoxy) is 2. The highest BCUT2D eigenvalue weighted by Gasteiger charge is 2.56. The quantitative estimate of drug-likeness (QED) is 0.792.